The third-order valence-electron chi connectivity index (χ3n) is 5.78. The maximum absolute atomic E-state index is 12.2. The quantitative estimate of drug-likeness (QED) is 0.282. The highest BCUT2D eigenvalue weighted by molar-refractivity contribution is 7.48. The minimum Gasteiger partial charge on any atom is -0.489 e. The van der Waals surface area contributed by atoms with Crippen LogP contribution in [0.15, 0.2) is 72.8 Å². The fourth-order valence-corrected chi connectivity index (χ4v) is 5.68. The molecule has 3 aromatic rings. The van der Waals surface area contributed by atoms with Crippen LogP contribution in [0.1, 0.15) is 60.7 Å². The van der Waals surface area contributed by atoms with Crippen LogP contribution in [0, 0.1) is 6.92 Å². The molecule has 0 saturated carbocycles. The average molecular weight is 419 g/mol. The zero-order chi connectivity index (χ0) is 21.6. The molecule has 0 radical (unpaired) electrons. The van der Waals surface area contributed by atoms with Crippen molar-refractivity contribution in [2.45, 2.75) is 52.3 Å². The van der Waals surface area contributed by atoms with Gasteiger partial charge in [-0.05, 0) is 43.6 Å². The van der Waals surface area contributed by atoms with Gasteiger partial charge in [0.15, 0.2) is 5.78 Å². The van der Waals surface area contributed by atoms with Crippen LogP contribution in [0.4, 0.5) is 0 Å². The lowest BCUT2D eigenvalue weighted by atomic mass is 9.90. The first kappa shape index (κ1) is 22.2. The highest BCUT2D eigenvalue weighted by Gasteiger charge is 2.33. The second kappa shape index (κ2) is 10.0. The van der Waals surface area contributed by atoms with Gasteiger partial charge in [-0.1, -0.05) is 94.7 Å². The molecule has 0 spiro atoms. The molecule has 0 saturated heterocycles. The Labute approximate surface area is 182 Å². The molecular weight excluding hydrogens is 387 g/mol. The molecule has 0 bridgehead atoms. The average Bonchev–Trinajstić information content (AvgIpc) is 2.77. The van der Waals surface area contributed by atoms with Crippen molar-refractivity contribution in [1.82, 2.24) is 0 Å². The molecule has 0 aliphatic carbocycles. The maximum atomic E-state index is 12.2. The van der Waals surface area contributed by atoms with Gasteiger partial charge in [0.1, 0.15) is 12.4 Å². The smallest absolute Gasteiger partial charge is 0.160 e. The lowest BCUT2D eigenvalue weighted by Crippen LogP contribution is -2.24. The molecule has 3 rings (SSSR count). The maximum Gasteiger partial charge on any atom is 0.160 e. The van der Waals surface area contributed by atoms with Crippen molar-refractivity contribution < 1.29 is 9.53 Å². The molecule has 0 amide bonds. The Bertz CT molecular complexity index is 991. The highest BCUT2D eigenvalue weighted by atomic mass is 31.1. The van der Waals surface area contributed by atoms with Crippen molar-refractivity contribution in [1.29, 1.82) is 0 Å². The van der Waals surface area contributed by atoms with Gasteiger partial charge in [0.2, 0.25) is 0 Å². The molecule has 0 aromatic heterocycles. The van der Waals surface area contributed by atoms with Crippen molar-refractivity contribution in [3.63, 3.8) is 0 Å². The summed E-state index contributed by atoms with van der Waals surface area (Å²) in [6.07, 6.45) is 1.97. The topological polar surface area (TPSA) is 26.3 Å². The van der Waals surface area contributed by atoms with E-state index < -0.39 is 0 Å². The third kappa shape index (κ3) is 4.99. The standard InChI is InChI=1S/C27H31O2P/c1-5-27(6-2,30-26-15-11-10-14-23(26)21(4)28)24-18-20(3)16-17-25(24)29-19-22-12-8-7-9-13-22/h7-18,30H,5-6,19H2,1-4H3. The number of ketones is 1. The first-order chi connectivity index (χ1) is 14.5. The predicted molar refractivity (Wildman–Crippen MR) is 129 cm³/mol. The second-order valence-corrected chi connectivity index (χ2v) is 9.54. The summed E-state index contributed by atoms with van der Waals surface area (Å²) >= 11 is 0. The summed E-state index contributed by atoms with van der Waals surface area (Å²) in [5, 5.41) is 1.08. The van der Waals surface area contributed by atoms with Crippen molar-refractivity contribution in [3.05, 3.63) is 95.1 Å². The molecule has 0 N–H and O–H groups in total. The molecule has 0 fully saturated rings. The number of hydrogen-bond acceptors (Lipinski definition) is 2. The van der Waals surface area contributed by atoms with E-state index in [1.807, 2.05) is 36.4 Å². The Kier molecular flexibility index (Phi) is 7.45. The van der Waals surface area contributed by atoms with E-state index in [9.17, 15) is 4.79 Å². The van der Waals surface area contributed by atoms with E-state index in [0.29, 0.717) is 15.2 Å². The van der Waals surface area contributed by atoms with Crippen LogP contribution in [0.3, 0.4) is 0 Å². The van der Waals surface area contributed by atoms with Gasteiger partial charge in [-0.3, -0.25) is 4.79 Å². The van der Waals surface area contributed by atoms with Crippen molar-refractivity contribution >= 4 is 19.7 Å². The zero-order valence-corrected chi connectivity index (χ0v) is 19.4. The number of Topliss-reactive ketones (excluding diaryl/α,β-unsaturated/α-hetero) is 1. The van der Waals surface area contributed by atoms with E-state index in [4.69, 9.17) is 4.74 Å². The first-order valence-corrected chi connectivity index (χ1v) is 11.6. The first-order valence-electron chi connectivity index (χ1n) is 10.6. The van der Waals surface area contributed by atoms with Gasteiger partial charge in [-0.25, -0.2) is 0 Å². The predicted octanol–water partition coefficient (Wildman–Crippen LogP) is 6.80. The lowest BCUT2D eigenvalue weighted by molar-refractivity contribution is 0.101. The van der Waals surface area contributed by atoms with Crippen LogP contribution < -0.4 is 10.0 Å². The molecule has 30 heavy (non-hydrogen) atoms. The number of rotatable bonds is 9. The fourth-order valence-electron chi connectivity index (χ4n) is 3.91. The van der Waals surface area contributed by atoms with E-state index in [-0.39, 0.29) is 10.9 Å². The highest BCUT2D eigenvalue weighted by Crippen LogP contribution is 2.50. The normalized spacial score (nSPS) is 11.7. The number of ether oxygens (including phenoxy) is 1. The molecule has 3 heteroatoms. The molecule has 1 atom stereocenters. The van der Waals surface area contributed by atoms with Gasteiger partial charge < -0.3 is 4.74 Å². The van der Waals surface area contributed by atoms with Gasteiger partial charge >= 0.3 is 0 Å². The minimum atomic E-state index is -0.0659. The van der Waals surface area contributed by atoms with E-state index in [0.717, 1.165) is 35.0 Å². The summed E-state index contributed by atoms with van der Waals surface area (Å²) < 4.78 is 6.34. The largest absolute Gasteiger partial charge is 0.489 e. The van der Waals surface area contributed by atoms with E-state index in [2.05, 4.69) is 57.2 Å². The van der Waals surface area contributed by atoms with E-state index >= 15 is 0 Å². The number of benzene rings is 3. The SMILES string of the molecule is CCC(CC)(Pc1ccccc1C(C)=O)c1cc(C)ccc1OCc1ccccc1. The Morgan fingerprint density at radius 3 is 2.27 bits per heavy atom. The van der Waals surface area contributed by atoms with Crippen molar-refractivity contribution in [2.24, 2.45) is 0 Å². The number of carbonyl (C=O) groups is 1. The summed E-state index contributed by atoms with van der Waals surface area (Å²) in [6, 6.07) is 24.8. The minimum absolute atomic E-state index is 0.0659. The Balaban J connectivity index is 2.01. The summed E-state index contributed by atoms with van der Waals surface area (Å²) in [6.45, 7) is 8.83. The van der Waals surface area contributed by atoms with E-state index in [1.54, 1.807) is 6.92 Å². The number of carbonyl (C=O) groups excluding carboxylic acids is 1. The molecule has 3 aromatic carbocycles. The summed E-state index contributed by atoms with van der Waals surface area (Å²) in [5.41, 5.74) is 4.47. The lowest BCUT2D eigenvalue weighted by Gasteiger charge is -2.35. The molecule has 0 aliphatic heterocycles. The molecule has 0 aliphatic rings. The Morgan fingerprint density at radius 1 is 0.933 bits per heavy atom. The zero-order valence-electron chi connectivity index (χ0n) is 18.4. The third-order valence-corrected chi connectivity index (χ3v) is 7.94. The van der Waals surface area contributed by atoms with Gasteiger partial charge in [-0.2, -0.15) is 0 Å². The summed E-state index contributed by atoms with van der Waals surface area (Å²) in [7, 11) is 0.498. The van der Waals surface area contributed by atoms with Crippen molar-refractivity contribution in [3.8, 4) is 5.75 Å². The van der Waals surface area contributed by atoms with Crippen LogP contribution in [0.25, 0.3) is 0 Å². The molecule has 156 valence electrons. The van der Waals surface area contributed by atoms with Crippen LogP contribution in [0.5, 0.6) is 5.75 Å². The van der Waals surface area contributed by atoms with Gasteiger partial charge in [0.05, 0.1) is 0 Å². The van der Waals surface area contributed by atoms with Crippen LogP contribution >= 0.6 is 8.58 Å². The van der Waals surface area contributed by atoms with Crippen LogP contribution in [-0.2, 0) is 11.8 Å². The molecule has 1 unspecified atom stereocenters. The Morgan fingerprint density at radius 2 is 1.60 bits per heavy atom. The Hall–Kier alpha value is -2.44. The molecule has 2 nitrogen and oxygen atoms in total. The summed E-state index contributed by atoms with van der Waals surface area (Å²) in [4.78, 5) is 12.2. The molecular formula is C27H31O2P. The number of hydrogen-bond donors (Lipinski definition) is 0. The fraction of sp³-hybridized carbons (Fsp3) is 0.296. The monoisotopic (exact) mass is 418 g/mol. The van der Waals surface area contributed by atoms with Gasteiger partial charge in [0.25, 0.3) is 0 Å². The van der Waals surface area contributed by atoms with Crippen LogP contribution in [-0.4, -0.2) is 5.78 Å². The second-order valence-electron chi connectivity index (χ2n) is 7.79. The van der Waals surface area contributed by atoms with E-state index in [1.165, 1.54) is 11.1 Å². The van der Waals surface area contributed by atoms with Crippen LogP contribution in [0.2, 0.25) is 0 Å². The molecule has 0 heterocycles. The van der Waals surface area contributed by atoms with Gasteiger partial charge in [-0.15, -0.1) is 0 Å². The van der Waals surface area contributed by atoms with Crippen molar-refractivity contribution in [2.75, 3.05) is 0 Å². The summed E-state index contributed by atoms with van der Waals surface area (Å²) in [5.74, 6) is 1.07. The van der Waals surface area contributed by atoms with Gasteiger partial charge in [0, 0.05) is 16.3 Å². The number of aryl methyl sites for hydroxylation is 1.